The summed E-state index contributed by atoms with van der Waals surface area (Å²) in [6.07, 6.45) is 2.37. The lowest BCUT2D eigenvalue weighted by atomic mass is 9.90. The summed E-state index contributed by atoms with van der Waals surface area (Å²) in [4.78, 5) is 8.43. The molecule has 0 aliphatic rings. The Labute approximate surface area is 103 Å². The zero-order chi connectivity index (χ0) is 12.9. The largest absolute Gasteiger partial charge is 0.396 e. The summed E-state index contributed by atoms with van der Waals surface area (Å²) < 4.78 is 0. The van der Waals surface area contributed by atoms with Crippen molar-refractivity contribution in [1.29, 1.82) is 0 Å². The Morgan fingerprint density at radius 1 is 1.35 bits per heavy atom. The molecule has 0 amide bonds. The molecule has 0 aliphatic heterocycles. The van der Waals surface area contributed by atoms with E-state index in [4.69, 9.17) is 5.11 Å². The first-order valence-corrected chi connectivity index (χ1v) is 6.11. The average Bonchev–Trinajstić information content (AvgIpc) is 2.27. The Hall–Kier alpha value is -1.16. The molecule has 1 aromatic heterocycles. The van der Waals surface area contributed by atoms with Crippen LogP contribution in [0.15, 0.2) is 12.4 Å². The van der Waals surface area contributed by atoms with E-state index in [2.05, 4.69) is 43.0 Å². The first kappa shape index (κ1) is 13.9. The van der Waals surface area contributed by atoms with E-state index in [0.717, 1.165) is 24.5 Å². The Bertz CT molecular complexity index is 350. The predicted octanol–water partition coefficient (Wildman–Crippen LogP) is 2.42. The number of aliphatic hydroxyl groups is 1. The Kier molecular flexibility index (Phi) is 4.87. The number of rotatable bonds is 6. The minimum atomic E-state index is 0.0672. The first-order chi connectivity index (χ1) is 7.94. The molecule has 4 heteroatoms. The molecule has 2 N–H and O–H groups in total. The molecule has 4 nitrogen and oxygen atoms in total. The highest BCUT2D eigenvalue weighted by Gasteiger charge is 2.17. The van der Waals surface area contributed by atoms with Crippen LogP contribution in [0.3, 0.4) is 0 Å². The number of nitrogens with one attached hydrogen (secondary N) is 1. The van der Waals surface area contributed by atoms with Crippen molar-refractivity contribution >= 4 is 5.82 Å². The van der Waals surface area contributed by atoms with Gasteiger partial charge in [0.2, 0.25) is 0 Å². The van der Waals surface area contributed by atoms with Gasteiger partial charge in [0, 0.05) is 24.9 Å². The topological polar surface area (TPSA) is 58.0 Å². The summed E-state index contributed by atoms with van der Waals surface area (Å²) in [5.41, 5.74) is 1.11. The molecule has 1 rings (SSSR count). The van der Waals surface area contributed by atoms with E-state index < -0.39 is 0 Å². The molecule has 0 radical (unpaired) electrons. The third-order valence-corrected chi connectivity index (χ3v) is 2.82. The van der Waals surface area contributed by atoms with Crippen molar-refractivity contribution in [2.45, 2.75) is 40.0 Å². The van der Waals surface area contributed by atoms with Crippen LogP contribution in [0.25, 0.3) is 0 Å². The van der Waals surface area contributed by atoms with Crippen molar-refractivity contribution in [3.05, 3.63) is 18.1 Å². The van der Waals surface area contributed by atoms with Crippen molar-refractivity contribution in [3.8, 4) is 0 Å². The van der Waals surface area contributed by atoms with E-state index in [0.29, 0.717) is 5.92 Å². The van der Waals surface area contributed by atoms with E-state index in [9.17, 15) is 0 Å². The maximum absolute atomic E-state index is 8.96. The molecule has 0 saturated carbocycles. The van der Waals surface area contributed by atoms with Gasteiger partial charge in [0.25, 0.3) is 0 Å². The van der Waals surface area contributed by atoms with Crippen LogP contribution in [0.4, 0.5) is 5.82 Å². The number of anilines is 1. The van der Waals surface area contributed by atoms with Crippen LogP contribution in [-0.4, -0.2) is 28.2 Å². The Balaban J connectivity index is 2.60. The average molecular weight is 237 g/mol. The van der Waals surface area contributed by atoms with E-state index in [1.165, 1.54) is 0 Å². The highest BCUT2D eigenvalue weighted by molar-refractivity contribution is 5.35. The molecule has 0 bridgehead atoms. The van der Waals surface area contributed by atoms with E-state index in [1.807, 2.05) is 6.07 Å². The second-order valence-corrected chi connectivity index (χ2v) is 5.47. The molecule has 0 spiro atoms. The number of hydrogen-bond donors (Lipinski definition) is 2. The molecular weight excluding hydrogens is 214 g/mol. The fraction of sp³-hybridized carbons (Fsp3) is 0.692. The van der Waals surface area contributed by atoms with Gasteiger partial charge in [-0.25, -0.2) is 9.97 Å². The van der Waals surface area contributed by atoms with Crippen molar-refractivity contribution in [1.82, 2.24) is 9.97 Å². The molecule has 0 atom stereocenters. The highest BCUT2D eigenvalue weighted by Crippen LogP contribution is 2.21. The van der Waals surface area contributed by atoms with Gasteiger partial charge in [-0.2, -0.15) is 0 Å². The van der Waals surface area contributed by atoms with Crippen molar-refractivity contribution in [2.24, 2.45) is 5.41 Å². The molecule has 1 aromatic rings. The SMILES string of the molecule is CC(C)c1cc(NCC(C)(C)CCO)ncn1. The minimum absolute atomic E-state index is 0.0672. The van der Waals surface area contributed by atoms with Crippen molar-refractivity contribution < 1.29 is 5.11 Å². The quantitative estimate of drug-likeness (QED) is 0.797. The van der Waals surface area contributed by atoms with Crippen LogP contribution in [0.5, 0.6) is 0 Å². The molecule has 0 aromatic carbocycles. The second-order valence-electron chi connectivity index (χ2n) is 5.47. The second kappa shape index (κ2) is 5.96. The van der Waals surface area contributed by atoms with Crippen molar-refractivity contribution in [2.75, 3.05) is 18.5 Å². The number of nitrogens with zero attached hydrogens (tertiary/aromatic N) is 2. The van der Waals surface area contributed by atoms with Gasteiger partial charge in [0.15, 0.2) is 0 Å². The molecule has 1 heterocycles. The van der Waals surface area contributed by atoms with Gasteiger partial charge in [-0.3, -0.25) is 0 Å². The molecule has 0 saturated heterocycles. The lowest BCUT2D eigenvalue weighted by Crippen LogP contribution is -2.24. The molecule has 17 heavy (non-hydrogen) atoms. The molecule has 0 unspecified atom stereocenters. The summed E-state index contributed by atoms with van der Waals surface area (Å²) in [7, 11) is 0. The minimum Gasteiger partial charge on any atom is -0.396 e. The van der Waals surface area contributed by atoms with E-state index in [-0.39, 0.29) is 12.0 Å². The molecule has 96 valence electrons. The van der Waals surface area contributed by atoms with Gasteiger partial charge in [-0.1, -0.05) is 27.7 Å². The summed E-state index contributed by atoms with van der Waals surface area (Å²) in [5, 5.41) is 12.3. The lowest BCUT2D eigenvalue weighted by molar-refractivity contribution is 0.220. The van der Waals surface area contributed by atoms with Crippen LogP contribution in [-0.2, 0) is 0 Å². The van der Waals surface area contributed by atoms with Crippen LogP contribution < -0.4 is 5.32 Å². The van der Waals surface area contributed by atoms with Crippen LogP contribution in [0.2, 0.25) is 0 Å². The molecule has 0 fully saturated rings. The maximum Gasteiger partial charge on any atom is 0.129 e. The van der Waals surface area contributed by atoms with Crippen LogP contribution in [0.1, 0.15) is 45.7 Å². The normalized spacial score (nSPS) is 11.9. The third kappa shape index (κ3) is 4.69. The predicted molar refractivity (Wildman–Crippen MR) is 70.1 cm³/mol. The van der Waals surface area contributed by atoms with Crippen LogP contribution >= 0.6 is 0 Å². The Morgan fingerprint density at radius 3 is 2.65 bits per heavy atom. The number of aliphatic hydroxyl groups excluding tert-OH is 1. The van der Waals surface area contributed by atoms with Gasteiger partial charge in [-0.15, -0.1) is 0 Å². The summed E-state index contributed by atoms with van der Waals surface area (Å²) in [6.45, 7) is 9.49. The fourth-order valence-corrected chi connectivity index (χ4v) is 1.51. The van der Waals surface area contributed by atoms with Gasteiger partial charge in [0.1, 0.15) is 12.1 Å². The smallest absolute Gasteiger partial charge is 0.129 e. The molecular formula is C13H23N3O. The number of aromatic nitrogens is 2. The van der Waals surface area contributed by atoms with Gasteiger partial charge >= 0.3 is 0 Å². The van der Waals surface area contributed by atoms with Crippen molar-refractivity contribution in [3.63, 3.8) is 0 Å². The summed E-state index contributed by atoms with van der Waals surface area (Å²) >= 11 is 0. The zero-order valence-corrected chi connectivity index (χ0v) is 11.2. The Morgan fingerprint density at radius 2 is 2.06 bits per heavy atom. The fourth-order valence-electron chi connectivity index (χ4n) is 1.51. The zero-order valence-electron chi connectivity index (χ0n) is 11.2. The highest BCUT2D eigenvalue weighted by atomic mass is 16.3. The molecule has 0 aliphatic carbocycles. The summed E-state index contributed by atoms with van der Waals surface area (Å²) in [6, 6.07) is 1.99. The van der Waals surface area contributed by atoms with E-state index in [1.54, 1.807) is 6.33 Å². The van der Waals surface area contributed by atoms with Gasteiger partial charge < -0.3 is 10.4 Å². The van der Waals surface area contributed by atoms with Crippen LogP contribution in [0, 0.1) is 5.41 Å². The van der Waals surface area contributed by atoms with Gasteiger partial charge in [-0.05, 0) is 17.8 Å². The van der Waals surface area contributed by atoms with E-state index >= 15 is 0 Å². The maximum atomic E-state index is 8.96. The standard InChI is InChI=1S/C13H23N3O/c1-10(2)11-7-12(16-9-15-11)14-8-13(3,4)5-6-17/h7,9-10,17H,5-6,8H2,1-4H3,(H,14,15,16). The monoisotopic (exact) mass is 237 g/mol. The summed E-state index contributed by atoms with van der Waals surface area (Å²) in [5.74, 6) is 1.26. The third-order valence-electron chi connectivity index (χ3n) is 2.82. The van der Waals surface area contributed by atoms with Gasteiger partial charge in [0.05, 0.1) is 0 Å². The lowest BCUT2D eigenvalue weighted by Gasteiger charge is -2.24. The first-order valence-electron chi connectivity index (χ1n) is 6.11. The number of hydrogen-bond acceptors (Lipinski definition) is 4.